The molecule has 1 fully saturated rings. The molecule has 0 aliphatic carbocycles. The lowest BCUT2D eigenvalue weighted by molar-refractivity contribution is -0.127. The summed E-state index contributed by atoms with van der Waals surface area (Å²) in [6.07, 6.45) is 3.18. The van der Waals surface area contributed by atoms with Gasteiger partial charge in [0.15, 0.2) is 0 Å². The second-order valence-electron chi connectivity index (χ2n) is 7.36. The molecule has 10 heteroatoms. The van der Waals surface area contributed by atoms with E-state index in [2.05, 4.69) is 0 Å². The standard InChI is InChI=1S/C22H23N3O5S2/c1-23-18-9-8-17(15-20(18)31-22(23)27)32(28,29)25-13-11-24(12-14-25)21(26)10-7-16-5-3-4-6-19(16)30-2/h3-10,15H,11-14H2,1-2H3/b10-7+. The molecule has 2 heterocycles. The van der Waals surface area contributed by atoms with Crippen molar-refractivity contribution in [1.82, 2.24) is 13.8 Å². The van der Waals surface area contributed by atoms with Gasteiger partial charge in [-0.15, -0.1) is 0 Å². The number of aryl methyl sites for hydroxylation is 1. The summed E-state index contributed by atoms with van der Waals surface area (Å²) in [5.41, 5.74) is 1.50. The van der Waals surface area contributed by atoms with E-state index < -0.39 is 10.0 Å². The van der Waals surface area contributed by atoms with Crippen LogP contribution in [0, 0.1) is 0 Å². The van der Waals surface area contributed by atoms with E-state index in [-0.39, 0.29) is 28.8 Å². The van der Waals surface area contributed by atoms with Gasteiger partial charge in [-0.3, -0.25) is 9.59 Å². The molecule has 0 spiro atoms. The van der Waals surface area contributed by atoms with Crippen LogP contribution in [0.2, 0.25) is 0 Å². The van der Waals surface area contributed by atoms with Crippen molar-refractivity contribution in [3.8, 4) is 5.75 Å². The largest absolute Gasteiger partial charge is 0.496 e. The normalized spacial score (nSPS) is 15.5. The van der Waals surface area contributed by atoms with Gasteiger partial charge >= 0.3 is 4.87 Å². The summed E-state index contributed by atoms with van der Waals surface area (Å²) in [6.45, 7) is 1.02. The van der Waals surface area contributed by atoms with E-state index in [4.69, 9.17) is 4.74 Å². The number of piperazine rings is 1. The molecule has 32 heavy (non-hydrogen) atoms. The van der Waals surface area contributed by atoms with Gasteiger partial charge in [0, 0.05) is 44.9 Å². The number of hydrogen-bond acceptors (Lipinski definition) is 6. The zero-order chi connectivity index (χ0) is 22.9. The number of rotatable bonds is 5. The molecule has 4 rings (SSSR count). The van der Waals surface area contributed by atoms with Crippen LogP contribution >= 0.6 is 11.3 Å². The van der Waals surface area contributed by atoms with Crippen molar-refractivity contribution in [2.75, 3.05) is 33.3 Å². The molecule has 3 aromatic rings. The zero-order valence-corrected chi connectivity index (χ0v) is 19.4. The van der Waals surface area contributed by atoms with Crippen LogP contribution in [0.1, 0.15) is 5.56 Å². The number of carbonyl (C=O) groups excluding carboxylic acids is 1. The summed E-state index contributed by atoms with van der Waals surface area (Å²) in [6, 6.07) is 12.1. The van der Waals surface area contributed by atoms with E-state index in [0.29, 0.717) is 29.1 Å². The summed E-state index contributed by atoms with van der Waals surface area (Å²) in [5.74, 6) is 0.497. The van der Waals surface area contributed by atoms with Crippen LogP contribution < -0.4 is 9.61 Å². The van der Waals surface area contributed by atoms with Crippen LogP contribution in [0.25, 0.3) is 16.3 Å². The number of sulfonamides is 1. The third-order valence-corrected chi connectivity index (χ3v) is 8.39. The molecule has 1 aliphatic heterocycles. The molecule has 0 radical (unpaired) electrons. The number of thiazole rings is 1. The number of ether oxygens (including phenoxy) is 1. The lowest BCUT2D eigenvalue weighted by Gasteiger charge is -2.33. The first-order chi connectivity index (χ1) is 15.3. The number of carbonyl (C=O) groups is 1. The molecule has 1 amide bonds. The highest BCUT2D eigenvalue weighted by Crippen LogP contribution is 2.24. The Bertz CT molecular complexity index is 1350. The third-order valence-electron chi connectivity index (χ3n) is 5.50. The van der Waals surface area contributed by atoms with Gasteiger partial charge in [-0.25, -0.2) is 8.42 Å². The smallest absolute Gasteiger partial charge is 0.307 e. The molecule has 1 aromatic heterocycles. The Morgan fingerprint density at radius 1 is 1.09 bits per heavy atom. The average molecular weight is 474 g/mol. The fourth-order valence-electron chi connectivity index (χ4n) is 3.64. The summed E-state index contributed by atoms with van der Waals surface area (Å²) < 4.78 is 35.0. The van der Waals surface area contributed by atoms with Gasteiger partial charge in [0.1, 0.15) is 5.75 Å². The molecule has 0 saturated carbocycles. The Kier molecular flexibility index (Phi) is 6.18. The Balaban J connectivity index is 1.44. The molecular weight excluding hydrogens is 450 g/mol. The van der Waals surface area contributed by atoms with Crippen molar-refractivity contribution in [2.24, 2.45) is 7.05 Å². The van der Waals surface area contributed by atoms with Crippen LogP contribution in [0.4, 0.5) is 0 Å². The minimum atomic E-state index is -3.71. The zero-order valence-electron chi connectivity index (χ0n) is 17.7. The van der Waals surface area contributed by atoms with E-state index >= 15 is 0 Å². The number of benzene rings is 2. The Morgan fingerprint density at radius 3 is 2.53 bits per heavy atom. The molecule has 0 bridgehead atoms. The van der Waals surface area contributed by atoms with Crippen LogP contribution in [-0.4, -0.2) is 61.4 Å². The number of methoxy groups -OCH3 is 1. The van der Waals surface area contributed by atoms with Crippen LogP contribution in [0.3, 0.4) is 0 Å². The minimum absolute atomic E-state index is 0.136. The van der Waals surface area contributed by atoms with Gasteiger partial charge in [0.2, 0.25) is 15.9 Å². The molecule has 0 atom stereocenters. The highest BCUT2D eigenvalue weighted by molar-refractivity contribution is 7.89. The second kappa shape index (κ2) is 8.89. The van der Waals surface area contributed by atoms with Gasteiger partial charge in [-0.05, 0) is 30.3 Å². The first kappa shape index (κ1) is 22.3. The highest BCUT2D eigenvalue weighted by atomic mass is 32.2. The quantitative estimate of drug-likeness (QED) is 0.530. The van der Waals surface area contributed by atoms with E-state index in [1.54, 1.807) is 37.3 Å². The molecule has 0 N–H and O–H groups in total. The van der Waals surface area contributed by atoms with Crippen molar-refractivity contribution < 1.29 is 17.9 Å². The first-order valence-electron chi connectivity index (χ1n) is 10.0. The number of aromatic nitrogens is 1. The predicted octanol–water partition coefficient (Wildman–Crippen LogP) is 2.15. The summed E-state index contributed by atoms with van der Waals surface area (Å²) >= 11 is 1.02. The molecule has 168 valence electrons. The van der Waals surface area contributed by atoms with Crippen molar-refractivity contribution in [3.63, 3.8) is 0 Å². The Morgan fingerprint density at radius 2 is 1.81 bits per heavy atom. The maximum atomic E-state index is 13.1. The van der Waals surface area contributed by atoms with Crippen molar-refractivity contribution in [2.45, 2.75) is 4.90 Å². The molecule has 0 unspecified atom stereocenters. The first-order valence-corrected chi connectivity index (χ1v) is 12.3. The predicted molar refractivity (Wildman–Crippen MR) is 124 cm³/mol. The number of nitrogens with zero attached hydrogens (tertiary/aromatic N) is 3. The summed E-state index contributed by atoms with van der Waals surface area (Å²) in [4.78, 5) is 26.1. The molecule has 1 aliphatic rings. The Labute approximate surface area is 190 Å². The summed E-state index contributed by atoms with van der Waals surface area (Å²) in [7, 11) is -0.480. The SMILES string of the molecule is COc1ccccc1/C=C/C(=O)N1CCN(S(=O)(=O)c2ccc3c(c2)sc(=O)n3C)CC1. The maximum Gasteiger partial charge on any atom is 0.307 e. The van der Waals surface area contributed by atoms with Gasteiger partial charge in [-0.2, -0.15) is 4.31 Å². The molecule has 8 nitrogen and oxygen atoms in total. The highest BCUT2D eigenvalue weighted by Gasteiger charge is 2.30. The van der Waals surface area contributed by atoms with Crippen molar-refractivity contribution in [1.29, 1.82) is 0 Å². The molecule has 2 aromatic carbocycles. The lowest BCUT2D eigenvalue weighted by atomic mass is 10.2. The van der Waals surface area contributed by atoms with Gasteiger partial charge < -0.3 is 14.2 Å². The number of amides is 1. The van der Waals surface area contributed by atoms with Gasteiger partial charge in [-0.1, -0.05) is 29.5 Å². The van der Waals surface area contributed by atoms with Crippen molar-refractivity contribution in [3.05, 3.63) is 63.8 Å². The monoisotopic (exact) mass is 473 g/mol. The van der Waals surface area contributed by atoms with Gasteiger partial charge in [0.05, 0.1) is 22.2 Å². The minimum Gasteiger partial charge on any atom is -0.496 e. The van der Waals surface area contributed by atoms with Crippen LogP contribution in [0.5, 0.6) is 5.75 Å². The average Bonchev–Trinajstić information content (AvgIpc) is 3.10. The van der Waals surface area contributed by atoms with Crippen molar-refractivity contribution >= 4 is 43.6 Å². The summed E-state index contributed by atoms with van der Waals surface area (Å²) in [5, 5.41) is 0. The van der Waals surface area contributed by atoms with E-state index in [9.17, 15) is 18.0 Å². The molecule has 1 saturated heterocycles. The van der Waals surface area contributed by atoms with E-state index in [1.807, 2.05) is 24.3 Å². The molecular formula is C22H23N3O5S2. The number of hydrogen-bond donors (Lipinski definition) is 0. The van der Waals surface area contributed by atoms with Gasteiger partial charge in [0.25, 0.3) is 0 Å². The Hall–Kier alpha value is -2.95. The lowest BCUT2D eigenvalue weighted by Crippen LogP contribution is -2.50. The topological polar surface area (TPSA) is 88.9 Å². The third kappa shape index (κ3) is 4.21. The van der Waals surface area contributed by atoms with E-state index in [1.165, 1.54) is 21.0 Å². The second-order valence-corrected chi connectivity index (χ2v) is 10.3. The van der Waals surface area contributed by atoms with Crippen LogP contribution in [-0.2, 0) is 21.9 Å². The fraction of sp³-hybridized carbons (Fsp3) is 0.273. The van der Waals surface area contributed by atoms with E-state index in [0.717, 1.165) is 16.9 Å². The fourth-order valence-corrected chi connectivity index (χ4v) is 6.09. The maximum absolute atomic E-state index is 13.1. The van der Waals surface area contributed by atoms with Crippen LogP contribution in [0.15, 0.2) is 58.2 Å². The number of para-hydroxylation sites is 1. The number of fused-ring (bicyclic) bond motifs is 1.